The van der Waals surface area contributed by atoms with Crippen LogP contribution in [0.25, 0.3) is 0 Å². The van der Waals surface area contributed by atoms with Crippen molar-refractivity contribution in [1.29, 1.82) is 0 Å². The highest BCUT2D eigenvalue weighted by Gasteiger charge is 2.12. The fourth-order valence-electron chi connectivity index (χ4n) is 1.50. The Hall–Kier alpha value is -2.23. The average Bonchev–Trinajstić information content (AvgIpc) is 2.40. The number of hydrogen-bond acceptors (Lipinski definition) is 3. The summed E-state index contributed by atoms with van der Waals surface area (Å²) in [6.45, 7) is 0.281. The maximum atomic E-state index is 11.9. The van der Waals surface area contributed by atoms with Gasteiger partial charge in [0.1, 0.15) is 0 Å². The Kier molecular flexibility index (Phi) is 3.45. The number of hydrogen-bond donors (Lipinski definition) is 0. The van der Waals surface area contributed by atoms with Crippen molar-refractivity contribution < 1.29 is 14.1 Å². The number of ether oxygens (including phenoxy) is 1. The van der Waals surface area contributed by atoms with Gasteiger partial charge in [0.05, 0.1) is 13.3 Å². The fourth-order valence-corrected chi connectivity index (χ4v) is 1.50. The molecule has 0 saturated carbocycles. The Bertz CT molecular complexity index is 512. The van der Waals surface area contributed by atoms with Gasteiger partial charge in [0.2, 0.25) is 18.5 Å². The van der Waals surface area contributed by atoms with Gasteiger partial charge in [0.15, 0.2) is 6.20 Å². The number of rotatable bonds is 4. The summed E-state index contributed by atoms with van der Waals surface area (Å²) >= 11 is 0. The molecule has 0 aliphatic heterocycles. The van der Waals surface area contributed by atoms with Crippen LogP contribution in [0.4, 0.5) is 0 Å². The van der Waals surface area contributed by atoms with Crippen molar-refractivity contribution >= 4 is 5.78 Å². The molecule has 0 N–H and O–H groups in total. The molecule has 2 rings (SSSR count). The first-order valence-corrected chi connectivity index (χ1v) is 5.27. The van der Waals surface area contributed by atoms with Gasteiger partial charge in [-0.2, -0.15) is 4.57 Å². The van der Waals surface area contributed by atoms with Gasteiger partial charge in [0.25, 0.3) is 5.88 Å². The second-order valence-corrected chi connectivity index (χ2v) is 3.56. The van der Waals surface area contributed by atoms with Crippen LogP contribution in [0.5, 0.6) is 5.88 Å². The number of methoxy groups -OCH3 is 1. The van der Waals surface area contributed by atoms with E-state index in [0.717, 1.165) is 0 Å². The van der Waals surface area contributed by atoms with E-state index in [1.165, 1.54) is 0 Å². The van der Waals surface area contributed by atoms with E-state index in [0.29, 0.717) is 11.4 Å². The largest absolute Gasteiger partial charge is 0.477 e. The summed E-state index contributed by atoms with van der Waals surface area (Å²) in [5, 5.41) is 0. The number of Topliss-reactive ketones (excluding diaryl/α,β-unsaturated/α-hetero) is 1. The summed E-state index contributed by atoms with van der Waals surface area (Å²) in [6, 6.07) is 9.21. The Morgan fingerprint density at radius 1 is 1.35 bits per heavy atom. The molecule has 0 saturated heterocycles. The van der Waals surface area contributed by atoms with Gasteiger partial charge < -0.3 is 4.74 Å². The van der Waals surface area contributed by atoms with E-state index in [4.69, 9.17) is 4.74 Å². The molecule has 0 atom stereocenters. The second-order valence-electron chi connectivity index (χ2n) is 3.56. The molecule has 86 valence electrons. The average molecular weight is 229 g/mol. The molecule has 2 aromatic rings. The highest BCUT2D eigenvalue weighted by Crippen LogP contribution is 2.01. The third-order valence-electron chi connectivity index (χ3n) is 2.37. The molecule has 17 heavy (non-hydrogen) atoms. The topological polar surface area (TPSA) is 43.1 Å². The van der Waals surface area contributed by atoms with Crippen LogP contribution in [-0.2, 0) is 6.54 Å². The molecule has 0 aliphatic carbocycles. The van der Waals surface area contributed by atoms with E-state index in [2.05, 4.69) is 4.98 Å². The number of carbonyl (C=O) groups excluding carboxylic acids is 1. The standard InChI is InChI=1S/C13H13N2O2/c1-17-13-10-15(8-7-14-13)9-12(16)11-5-3-2-4-6-11/h2-8,10H,9H2,1H3/q+1. The normalized spacial score (nSPS) is 9.94. The molecule has 1 aromatic carbocycles. The molecule has 0 aliphatic rings. The summed E-state index contributed by atoms with van der Waals surface area (Å²) in [5.41, 5.74) is 0.704. The third-order valence-corrected chi connectivity index (χ3v) is 2.37. The van der Waals surface area contributed by atoms with Crippen LogP contribution in [0.1, 0.15) is 10.4 Å². The fraction of sp³-hybridized carbons (Fsp3) is 0.154. The zero-order valence-corrected chi connectivity index (χ0v) is 9.54. The first kappa shape index (κ1) is 11.3. The van der Waals surface area contributed by atoms with Gasteiger partial charge in [0, 0.05) is 5.56 Å². The van der Waals surface area contributed by atoms with Crippen LogP contribution < -0.4 is 9.30 Å². The molecule has 4 nitrogen and oxygen atoms in total. The van der Waals surface area contributed by atoms with Crippen LogP contribution in [0, 0.1) is 0 Å². The van der Waals surface area contributed by atoms with Crippen molar-refractivity contribution in [2.24, 2.45) is 0 Å². The van der Waals surface area contributed by atoms with Crippen molar-refractivity contribution in [2.45, 2.75) is 6.54 Å². The van der Waals surface area contributed by atoms with Crippen molar-refractivity contribution in [1.82, 2.24) is 4.98 Å². The van der Waals surface area contributed by atoms with Gasteiger partial charge in [-0.05, 0) is 0 Å². The smallest absolute Gasteiger partial charge is 0.279 e. The molecule has 4 heteroatoms. The van der Waals surface area contributed by atoms with Crippen LogP contribution in [0.15, 0.2) is 48.9 Å². The van der Waals surface area contributed by atoms with E-state index in [9.17, 15) is 4.79 Å². The quantitative estimate of drug-likeness (QED) is 0.585. The van der Waals surface area contributed by atoms with Crippen LogP contribution >= 0.6 is 0 Å². The predicted molar refractivity (Wildman–Crippen MR) is 61.8 cm³/mol. The Balaban J connectivity index is 2.13. The zero-order valence-electron chi connectivity index (χ0n) is 9.54. The molecule has 0 amide bonds. The second kappa shape index (κ2) is 5.21. The highest BCUT2D eigenvalue weighted by atomic mass is 16.5. The monoisotopic (exact) mass is 229 g/mol. The molecule has 1 heterocycles. The lowest BCUT2D eigenvalue weighted by molar-refractivity contribution is -0.684. The Labute approximate surface area is 99.5 Å². The van der Waals surface area contributed by atoms with Crippen molar-refractivity contribution in [3.63, 3.8) is 0 Å². The van der Waals surface area contributed by atoms with Crippen molar-refractivity contribution in [3.8, 4) is 5.88 Å². The van der Waals surface area contributed by atoms with Crippen LogP contribution in [0.2, 0.25) is 0 Å². The number of ketones is 1. The van der Waals surface area contributed by atoms with E-state index in [1.54, 1.807) is 42.4 Å². The van der Waals surface area contributed by atoms with Gasteiger partial charge >= 0.3 is 0 Å². The summed E-state index contributed by atoms with van der Waals surface area (Å²) in [6.07, 6.45) is 5.04. The lowest BCUT2D eigenvalue weighted by Gasteiger charge is -1.99. The first-order chi connectivity index (χ1) is 8.29. The maximum absolute atomic E-state index is 11.9. The molecular formula is C13H13N2O2+. The number of benzene rings is 1. The SMILES string of the molecule is COc1c[n+](CC(=O)c2ccccc2)ccn1. The van der Waals surface area contributed by atoms with Gasteiger partial charge in [-0.15, -0.1) is 0 Å². The summed E-state index contributed by atoms with van der Waals surface area (Å²) in [4.78, 5) is 15.9. The van der Waals surface area contributed by atoms with Crippen molar-refractivity contribution in [2.75, 3.05) is 7.11 Å². The minimum atomic E-state index is 0.0591. The van der Waals surface area contributed by atoms with E-state index < -0.39 is 0 Å². The first-order valence-electron chi connectivity index (χ1n) is 5.27. The third kappa shape index (κ3) is 2.87. The van der Waals surface area contributed by atoms with E-state index in [-0.39, 0.29) is 12.3 Å². The van der Waals surface area contributed by atoms with E-state index in [1.807, 2.05) is 18.2 Å². The maximum Gasteiger partial charge on any atom is 0.279 e. The minimum absolute atomic E-state index is 0.0591. The van der Waals surface area contributed by atoms with E-state index >= 15 is 0 Å². The number of nitrogens with zero attached hydrogens (tertiary/aromatic N) is 2. The van der Waals surface area contributed by atoms with Crippen LogP contribution in [-0.4, -0.2) is 17.9 Å². The van der Waals surface area contributed by atoms with Gasteiger partial charge in [-0.1, -0.05) is 30.3 Å². The lowest BCUT2D eigenvalue weighted by Crippen LogP contribution is -2.37. The summed E-state index contributed by atoms with van der Waals surface area (Å²) in [7, 11) is 1.55. The number of carbonyl (C=O) groups is 1. The predicted octanol–water partition coefficient (Wildman–Crippen LogP) is 1.26. The Morgan fingerprint density at radius 2 is 2.12 bits per heavy atom. The number of aromatic nitrogens is 2. The Morgan fingerprint density at radius 3 is 2.82 bits per heavy atom. The minimum Gasteiger partial charge on any atom is -0.477 e. The molecule has 0 bridgehead atoms. The highest BCUT2D eigenvalue weighted by molar-refractivity contribution is 5.94. The lowest BCUT2D eigenvalue weighted by atomic mass is 10.1. The van der Waals surface area contributed by atoms with Gasteiger partial charge in [-0.25, -0.2) is 4.98 Å². The zero-order chi connectivity index (χ0) is 12.1. The van der Waals surface area contributed by atoms with Crippen molar-refractivity contribution in [3.05, 3.63) is 54.5 Å². The van der Waals surface area contributed by atoms with Crippen LogP contribution in [0.3, 0.4) is 0 Å². The molecule has 0 unspecified atom stereocenters. The molecule has 0 radical (unpaired) electrons. The molecule has 1 aromatic heterocycles. The van der Waals surface area contributed by atoms with Gasteiger partial charge in [-0.3, -0.25) is 4.79 Å². The molecular weight excluding hydrogens is 216 g/mol. The summed E-state index contributed by atoms with van der Waals surface area (Å²) in [5.74, 6) is 0.553. The molecule has 0 fully saturated rings. The summed E-state index contributed by atoms with van der Waals surface area (Å²) < 4.78 is 6.75. The molecule has 0 spiro atoms.